The van der Waals surface area contributed by atoms with Gasteiger partial charge in [0, 0.05) is 36.0 Å². The predicted molar refractivity (Wildman–Crippen MR) is 124 cm³/mol. The monoisotopic (exact) mass is 460 g/mol. The number of para-hydroxylation sites is 1. The molecule has 7 nitrogen and oxygen atoms in total. The van der Waals surface area contributed by atoms with Crippen LogP contribution < -0.4 is 4.90 Å². The number of rotatable bonds is 5. The van der Waals surface area contributed by atoms with Crippen molar-refractivity contribution in [1.29, 1.82) is 0 Å². The summed E-state index contributed by atoms with van der Waals surface area (Å²) in [6.07, 6.45) is -5.55. The Labute approximate surface area is 193 Å². The molecule has 0 amide bonds. The molecule has 4 rings (SSSR count). The van der Waals surface area contributed by atoms with Gasteiger partial charge in [0.1, 0.15) is 30.6 Å². The zero-order valence-corrected chi connectivity index (χ0v) is 19.3. The summed E-state index contributed by atoms with van der Waals surface area (Å²) in [7, 11) is 0. The van der Waals surface area contributed by atoms with Crippen LogP contribution in [0.15, 0.2) is 52.3 Å². The molecule has 2 heterocycles. The maximum absolute atomic E-state index is 10.4. The number of piperazine rings is 1. The van der Waals surface area contributed by atoms with Gasteiger partial charge in [0.25, 0.3) is 0 Å². The fourth-order valence-corrected chi connectivity index (χ4v) is 5.48. The molecular weight excluding hydrogens is 428 g/mol. The van der Waals surface area contributed by atoms with Crippen LogP contribution in [0.25, 0.3) is 0 Å². The van der Waals surface area contributed by atoms with Crippen molar-refractivity contribution < 1.29 is 25.2 Å². The first-order valence-corrected chi connectivity index (χ1v) is 11.8. The summed E-state index contributed by atoms with van der Waals surface area (Å²) >= 11 is 1.77. The van der Waals surface area contributed by atoms with Crippen molar-refractivity contribution in [2.24, 2.45) is 0 Å². The Morgan fingerprint density at radius 2 is 1.62 bits per heavy atom. The number of anilines is 1. The number of hydrogen-bond acceptors (Lipinski definition) is 8. The van der Waals surface area contributed by atoms with Gasteiger partial charge in [-0.25, -0.2) is 0 Å². The molecule has 0 aromatic heterocycles. The van der Waals surface area contributed by atoms with E-state index in [-0.39, 0.29) is 0 Å². The molecule has 8 heteroatoms. The summed E-state index contributed by atoms with van der Waals surface area (Å²) in [6, 6.07) is 14.9. The zero-order valence-electron chi connectivity index (χ0n) is 18.5. The molecule has 2 saturated heterocycles. The second-order valence-corrected chi connectivity index (χ2v) is 9.66. The zero-order chi connectivity index (χ0) is 22.8. The van der Waals surface area contributed by atoms with Crippen molar-refractivity contribution in [3.05, 3.63) is 53.6 Å². The molecule has 5 atom stereocenters. The second-order valence-electron chi connectivity index (χ2n) is 8.58. The number of aliphatic hydroxyl groups is 4. The van der Waals surface area contributed by atoms with E-state index in [1.165, 1.54) is 26.6 Å². The third kappa shape index (κ3) is 4.82. The van der Waals surface area contributed by atoms with Gasteiger partial charge in [-0.15, -0.1) is 0 Å². The van der Waals surface area contributed by atoms with Crippen LogP contribution in [0.4, 0.5) is 5.69 Å². The topological polar surface area (TPSA) is 96.6 Å². The Hall–Kier alpha value is -1.65. The summed E-state index contributed by atoms with van der Waals surface area (Å²) in [5.41, 5.74) is 3.69. The molecule has 0 bridgehead atoms. The van der Waals surface area contributed by atoms with Gasteiger partial charge in [0.15, 0.2) is 0 Å². The van der Waals surface area contributed by atoms with E-state index in [0.29, 0.717) is 13.1 Å². The van der Waals surface area contributed by atoms with Crippen molar-refractivity contribution >= 4 is 17.4 Å². The lowest BCUT2D eigenvalue weighted by molar-refractivity contribution is -0.265. The SMILES string of the molecule is Cc1ccc(Sc2ccccc2N2CCN([C@@H]3O[C@H](CO)[C@@H](O)[C@H](O)[C@H]3O)CC2)c(C)c1. The van der Waals surface area contributed by atoms with Gasteiger partial charge >= 0.3 is 0 Å². The molecule has 0 saturated carbocycles. The van der Waals surface area contributed by atoms with Crippen molar-refractivity contribution in [3.8, 4) is 0 Å². The van der Waals surface area contributed by atoms with E-state index in [4.69, 9.17) is 4.74 Å². The lowest BCUT2D eigenvalue weighted by atomic mass is 9.97. The number of benzene rings is 2. The summed E-state index contributed by atoms with van der Waals surface area (Å²) < 4.78 is 5.73. The number of aryl methyl sites for hydroxylation is 2. The van der Waals surface area contributed by atoms with Gasteiger partial charge in [0.05, 0.1) is 12.3 Å². The lowest BCUT2D eigenvalue weighted by Crippen LogP contribution is -2.65. The molecule has 2 fully saturated rings. The van der Waals surface area contributed by atoms with E-state index in [0.717, 1.165) is 13.1 Å². The van der Waals surface area contributed by atoms with E-state index in [1.807, 2.05) is 11.0 Å². The van der Waals surface area contributed by atoms with Gasteiger partial charge in [-0.2, -0.15) is 0 Å². The molecule has 0 spiro atoms. The summed E-state index contributed by atoms with van der Waals surface area (Å²) in [6.45, 7) is 6.56. The van der Waals surface area contributed by atoms with Gasteiger partial charge in [-0.1, -0.05) is 41.6 Å². The van der Waals surface area contributed by atoms with Crippen LogP contribution in [0.5, 0.6) is 0 Å². The van der Waals surface area contributed by atoms with Crippen molar-refractivity contribution in [1.82, 2.24) is 4.90 Å². The molecule has 0 aliphatic carbocycles. The highest BCUT2D eigenvalue weighted by molar-refractivity contribution is 7.99. The van der Waals surface area contributed by atoms with E-state index in [1.54, 1.807) is 11.8 Å². The third-order valence-corrected chi connectivity index (χ3v) is 7.54. The smallest absolute Gasteiger partial charge is 0.140 e. The highest BCUT2D eigenvalue weighted by Crippen LogP contribution is 2.37. The average Bonchev–Trinajstić information content (AvgIpc) is 2.80. The number of hydrogen-bond donors (Lipinski definition) is 4. The summed E-state index contributed by atoms with van der Waals surface area (Å²) in [5.74, 6) is 0. The van der Waals surface area contributed by atoms with E-state index in [2.05, 4.69) is 55.1 Å². The van der Waals surface area contributed by atoms with E-state index < -0.39 is 37.3 Å². The second kappa shape index (κ2) is 10.1. The van der Waals surface area contributed by atoms with Crippen LogP contribution >= 0.6 is 11.8 Å². The Morgan fingerprint density at radius 3 is 2.31 bits per heavy atom. The molecule has 0 unspecified atom stereocenters. The van der Waals surface area contributed by atoms with Crippen LogP contribution in [0, 0.1) is 13.8 Å². The first kappa shape index (κ1) is 23.5. The third-order valence-electron chi connectivity index (χ3n) is 6.30. The Balaban J connectivity index is 1.45. The number of ether oxygens (including phenoxy) is 1. The van der Waals surface area contributed by atoms with Gasteiger partial charge in [-0.05, 0) is 37.6 Å². The molecule has 2 aromatic carbocycles. The van der Waals surface area contributed by atoms with Crippen LogP contribution in [0.2, 0.25) is 0 Å². The van der Waals surface area contributed by atoms with Crippen LogP contribution in [0.1, 0.15) is 11.1 Å². The Bertz CT molecular complexity index is 919. The predicted octanol–water partition coefficient (Wildman–Crippen LogP) is 1.38. The maximum atomic E-state index is 10.4. The fraction of sp³-hybridized carbons (Fsp3) is 0.500. The van der Waals surface area contributed by atoms with Crippen LogP contribution in [0.3, 0.4) is 0 Å². The Kier molecular flexibility index (Phi) is 7.41. The molecule has 174 valence electrons. The van der Waals surface area contributed by atoms with Crippen LogP contribution in [-0.4, -0.2) is 88.8 Å². The quantitative estimate of drug-likeness (QED) is 0.532. The minimum absolute atomic E-state index is 0.412. The van der Waals surface area contributed by atoms with E-state index in [9.17, 15) is 20.4 Å². The van der Waals surface area contributed by atoms with Gasteiger partial charge < -0.3 is 30.1 Å². The molecule has 2 aliphatic heterocycles. The minimum atomic E-state index is -1.35. The fourth-order valence-electron chi connectivity index (χ4n) is 4.44. The maximum Gasteiger partial charge on any atom is 0.140 e. The summed E-state index contributed by atoms with van der Waals surface area (Å²) in [4.78, 5) is 6.73. The normalized spacial score (nSPS) is 29.3. The summed E-state index contributed by atoms with van der Waals surface area (Å²) in [5, 5.41) is 40.0. The van der Waals surface area contributed by atoms with E-state index >= 15 is 0 Å². The first-order valence-electron chi connectivity index (χ1n) is 11.0. The molecular formula is C24H32N2O5S. The largest absolute Gasteiger partial charge is 0.394 e. The van der Waals surface area contributed by atoms with Crippen molar-refractivity contribution in [2.75, 3.05) is 37.7 Å². The lowest BCUT2D eigenvalue weighted by Gasteiger charge is -2.47. The highest BCUT2D eigenvalue weighted by atomic mass is 32.2. The minimum Gasteiger partial charge on any atom is -0.394 e. The number of aliphatic hydroxyl groups excluding tert-OH is 4. The molecule has 2 aliphatic rings. The number of nitrogens with zero attached hydrogens (tertiary/aromatic N) is 2. The highest BCUT2D eigenvalue weighted by Gasteiger charge is 2.46. The first-order chi connectivity index (χ1) is 15.4. The molecule has 0 radical (unpaired) electrons. The molecule has 2 aromatic rings. The molecule has 32 heavy (non-hydrogen) atoms. The standard InChI is InChI=1S/C24H32N2O5S/c1-15-7-8-19(16(2)13-15)32-20-6-4-3-5-17(20)25-9-11-26(12-10-25)24-23(30)22(29)21(28)18(14-27)31-24/h3-8,13,18,21-24,27-30H,9-12,14H2,1-2H3/t18-,21-,22+,23-,24-/m1/s1. The van der Waals surface area contributed by atoms with Gasteiger partial charge in [-0.3, -0.25) is 4.90 Å². The van der Waals surface area contributed by atoms with Crippen LogP contribution in [-0.2, 0) is 4.74 Å². The molecule has 4 N–H and O–H groups in total. The average molecular weight is 461 g/mol. The van der Waals surface area contributed by atoms with Crippen molar-refractivity contribution in [2.45, 2.75) is 54.3 Å². The van der Waals surface area contributed by atoms with Crippen molar-refractivity contribution in [3.63, 3.8) is 0 Å². The Morgan fingerprint density at radius 1 is 0.906 bits per heavy atom. The van der Waals surface area contributed by atoms with Gasteiger partial charge in [0.2, 0.25) is 0 Å².